The first-order valence-electron chi connectivity index (χ1n) is 11.4. The molecule has 2 heterocycles. The van der Waals surface area contributed by atoms with Gasteiger partial charge in [0.15, 0.2) is 0 Å². The number of nitrogens with one attached hydrogen (secondary N) is 2. The summed E-state index contributed by atoms with van der Waals surface area (Å²) in [5.41, 5.74) is 5.04. The standard InChI is InChI=1S/C28H24N6O2/c1-19-25(27(35)33(31-19)23-9-5-3-6-10-23)17-29-21-13-15-22(16-14-21)30-18-26-20(2)32-34(28(26)36)24-11-7-4-8-12-24/h3-18,31-32H,1-2H3. The summed E-state index contributed by atoms with van der Waals surface area (Å²) in [6, 6.07) is 26.0. The molecule has 0 bridgehead atoms. The van der Waals surface area contributed by atoms with Gasteiger partial charge < -0.3 is 0 Å². The smallest absolute Gasteiger partial charge is 0.280 e. The molecule has 0 fully saturated rings. The van der Waals surface area contributed by atoms with Crippen molar-refractivity contribution in [2.45, 2.75) is 13.8 Å². The summed E-state index contributed by atoms with van der Waals surface area (Å²) in [7, 11) is 0. The van der Waals surface area contributed by atoms with Gasteiger partial charge in [-0.25, -0.2) is 9.36 Å². The second-order valence-electron chi connectivity index (χ2n) is 8.29. The van der Waals surface area contributed by atoms with E-state index in [9.17, 15) is 9.59 Å². The second kappa shape index (κ2) is 9.71. The molecule has 0 saturated carbocycles. The lowest BCUT2D eigenvalue weighted by molar-refractivity contribution is 0.835. The highest BCUT2D eigenvalue weighted by Gasteiger charge is 2.11. The minimum Gasteiger partial charge on any atom is -0.295 e. The van der Waals surface area contributed by atoms with Crippen LogP contribution in [0.3, 0.4) is 0 Å². The lowest BCUT2D eigenvalue weighted by Gasteiger charge is -1.99. The van der Waals surface area contributed by atoms with Crippen molar-refractivity contribution in [3.8, 4) is 11.4 Å². The summed E-state index contributed by atoms with van der Waals surface area (Å²) in [6.45, 7) is 3.68. The van der Waals surface area contributed by atoms with Crippen molar-refractivity contribution in [1.29, 1.82) is 0 Å². The normalized spacial score (nSPS) is 11.6. The fourth-order valence-electron chi connectivity index (χ4n) is 3.84. The molecule has 0 atom stereocenters. The lowest BCUT2D eigenvalue weighted by atomic mass is 10.2. The average molecular weight is 477 g/mol. The Morgan fingerprint density at radius 1 is 0.583 bits per heavy atom. The topological polar surface area (TPSA) is 100 Å². The van der Waals surface area contributed by atoms with Crippen molar-refractivity contribution in [2.75, 3.05) is 0 Å². The van der Waals surface area contributed by atoms with Gasteiger partial charge in [0.1, 0.15) is 0 Å². The number of aryl methyl sites for hydroxylation is 2. The Hall–Kier alpha value is -4.98. The fraction of sp³-hybridized carbons (Fsp3) is 0.0714. The Morgan fingerprint density at radius 3 is 1.31 bits per heavy atom. The summed E-state index contributed by atoms with van der Waals surface area (Å²) >= 11 is 0. The third kappa shape index (κ3) is 4.52. The molecule has 0 aliphatic heterocycles. The molecule has 8 nitrogen and oxygen atoms in total. The van der Waals surface area contributed by atoms with Crippen molar-refractivity contribution in [3.63, 3.8) is 0 Å². The first-order valence-corrected chi connectivity index (χ1v) is 11.4. The summed E-state index contributed by atoms with van der Waals surface area (Å²) in [4.78, 5) is 34.6. The van der Waals surface area contributed by atoms with E-state index >= 15 is 0 Å². The summed E-state index contributed by atoms with van der Waals surface area (Å²) in [5, 5.41) is 6.18. The number of nitrogens with zero attached hydrogens (tertiary/aromatic N) is 4. The number of hydrogen-bond donors (Lipinski definition) is 2. The first kappa shape index (κ1) is 22.8. The monoisotopic (exact) mass is 476 g/mol. The van der Waals surface area contributed by atoms with E-state index < -0.39 is 0 Å². The number of para-hydroxylation sites is 2. The maximum atomic E-state index is 12.8. The molecule has 36 heavy (non-hydrogen) atoms. The Morgan fingerprint density at radius 2 is 0.944 bits per heavy atom. The Balaban J connectivity index is 1.34. The van der Waals surface area contributed by atoms with E-state index in [2.05, 4.69) is 20.2 Å². The minimum atomic E-state index is -0.160. The van der Waals surface area contributed by atoms with Crippen LogP contribution in [0, 0.1) is 13.8 Å². The molecular formula is C28H24N6O2. The van der Waals surface area contributed by atoms with Crippen LogP contribution in [0.15, 0.2) is 105 Å². The number of H-pyrrole nitrogens is 2. The van der Waals surface area contributed by atoms with E-state index in [1.165, 1.54) is 9.36 Å². The molecule has 3 aromatic carbocycles. The Kier molecular flexibility index (Phi) is 6.15. The third-order valence-electron chi connectivity index (χ3n) is 5.80. The molecule has 0 aliphatic carbocycles. The minimum absolute atomic E-state index is 0.160. The molecule has 0 radical (unpaired) electrons. The number of hydrogen-bond acceptors (Lipinski definition) is 4. The van der Waals surface area contributed by atoms with Crippen molar-refractivity contribution in [2.24, 2.45) is 9.98 Å². The van der Waals surface area contributed by atoms with E-state index in [0.717, 1.165) is 22.8 Å². The van der Waals surface area contributed by atoms with E-state index in [-0.39, 0.29) is 11.1 Å². The van der Waals surface area contributed by atoms with Crippen LogP contribution in [-0.2, 0) is 0 Å². The van der Waals surface area contributed by atoms with Crippen LogP contribution in [0.4, 0.5) is 11.4 Å². The molecule has 8 heteroatoms. The molecule has 178 valence electrons. The molecule has 2 N–H and O–H groups in total. The van der Waals surface area contributed by atoms with Crippen LogP contribution >= 0.6 is 0 Å². The molecule has 2 aromatic heterocycles. The van der Waals surface area contributed by atoms with Crippen LogP contribution in [0.2, 0.25) is 0 Å². The molecule has 0 aliphatic rings. The van der Waals surface area contributed by atoms with E-state index in [1.807, 2.05) is 98.8 Å². The van der Waals surface area contributed by atoms with Crippen LogP contribution in [0.1, 0.15) is 22.5 Å². The zero-order valence-electron chi connectivity index (χ0n) is 19.8. The van der Waals surface area contributed by atoms with Crippen molar-refractivity contribution in [3.05, 3.63) is 128 Å². The van der Waals surface area contributed by atoms with Gasteiger partial charge in [-0.3, -0.25) is 29.8 Å². The number of aliphatic imine (C=N–C) groups is 2. The highest BCUT2D eigenvalue weighted by Crippen LogP contribution is 2.19. The first-order chi connectivity index (χ1) is 17.5. The number of benzene rings is 3. The molecule has 0 spiro atoms. The van der Waals surface area contributed by atoms with Gasteiger partial charge in [0.05, 0.1) is 33.9 Å². The van der Waals surface area contributed by atoms with E-state index in [1.54, 1.807) is 12.4 Å². The number of aromatic amines is 2. The van der Waals surface area contributed by atoms with Crippen molar-refractivity contribution < 1.29 is 0 Å². The predicted molar refractivity (Wildman–Crippen MR) is 143 cm³/mol. The van der Waals surface area contributed by atoms with Gasteiger partial charge in [-0.15, -0.1) is 0 Å². The van der Waals surface area contributed by atoms with Gasteiger partial charge in [-0.1, -0.05) is 36.4 Å². The predicted octanol–water partition coefficient (Wildman–Crippen LogP) is 4.76. The summed E-state index contributed by atoms with van der Waals surface area (Å²) < 4.78 is 3.01. The SMILES string of the molecule is Cc1[nH]n(-c2ccccc2)c(=O)c1C=Nc1ccc(N=Cc2c(C)[nH]n(-c3ccccc3)c2=O)cc1. The quantitative estimate of drug-likeness (QED) is 0.345. The zero-order valence-corrected chi connectivity index (χ0v) is 19.8. The van der Waals surface area contributed by atoms with Crippen LogP contribution < -0.4 is 11.1 Å². The zero-order chi connectivity index (χ0) is 25.1. The average Bonchev–Trinajstić information content (AvgIpc) is 3.36. The van der Waals surface area contributed by atoms with Gasteiger partial charge in [0.2, 0.25) is 0 Å². The number of aromatic nitrogens is 4. The van der Waals surface area contributed by atoms with Gasteiger partial charge in [0, 0.05) is 23.8 Å². The van der Waals surface area contributed by atoms with Crippen LogP contribution in [0.25, 0.3) is 11.4 Å². The largest absolute Gasteiger partial charge is 0.295 e. The van der Waals surface area contributed by atoms with Crippen LogP contribution in [-0.4, -0.2) is 32.0 Å². The van der Waals surface area contributed by atoms with Crippen molar-refractivity contribution >= 4 is 23.8 Å². The highest BCUT2D eigenvalue weighted by molar-refractivity contribution is 5.84. The lowest BCUT2D eigenvalue weighted by Crippen LogP contribution is -2.17. The molecular weight excluding hydrogens is 452 g/mol. The van der Waals surface area contributed by atoms with Gasteiger partial charge >= 0.3 is 0 Å². The summed E-state index contributed by atoms with van der Waals surface area (Å²) in [6.07, 6.45) is 3.14. The third-order valence-corrected chi connectivity index (χ3v) is 5.80. The molecule has 0 unspecified atom stereocenters. The van der Waals surface area contributed by atoms with Crippen molar-refractivity contribution in [1.82, 2.24) is 19.6 Å². The molecule has 0 amide bonds. The Bertz CT molecular complexity index is 1540. The van der Waals surface area contributed by atoms with Gasteiger partial charge in [-0.2, -0.15) is 0 Å². The maximum absolute atomic E-state index is 12.8. The van der Waals surface area contributed by atoms with E-state index in [0.29, 0.717) is 22.5 Å². The highest BCUT2D eigenvalue weighted by atomic mass is 16.1. The number of rotatable bonds is 6. The Labute approximate surface area is 206 Å². The maximum Gasteiger partial charge on any atom is 0.280 e. The van der Waals surface area contributed by atoms with Gasteiger partial charge in [0.25, 0.3) is 11.1 Å². The van der Waals surface area contributed by atoms with Gasteiger partial charge in [-0.05, 0) is 62.4 Å². The molecule has 5 aromatic rings. The molecule has 0 saturated heterocycles. The van der Waals surface area contributed by atoms with Crippen LogP contribution in [0.5, 0.6) is 0 Å². The molecule has 5 rings (SSSR count). The summed E-state index contributed by atoms with van der Waals surface area (Å²) in [5.74, 6) is 0. The second-order valence-corrected chi connectivity index (χ2v) is 8.29. The van der Waals surface area contributed by atoms with E-state index in [4.69, 9.17) is 0 Å². The fourth-order valence-corrected chi connectivity index (χ4v) is 3.84.